The molecular weight excluding hydrogens is 208 g/mol. The van der Waals surface area contributed by atoms with Gasteiger partial charge in [0.25, 0.3) is 5.91 Å². The van der Waals surface area contributed by atoms with Gasteiger partial charge < -0.3 is 15.2 Å². The zero-order valence-electron chi connectivity index (χ0n) is 9.43. The molecule has 1 aromatic rings. The molecule has 0 radical (unpaired) electrons. The number of aromatic nitrogens is 1. The highest BCUT2D eigenvalue weighted by molar-refractivity contribution is 5.94. The summed E-state index contributed by atoms with van der Waals surface area (Å²) in [5, 5.41) is 12.1. The van der Waals surface area contributed by atoms with Crippen LogP contribution in [-0.2, 0) is 4.74 Å². The molecule has 0 fully saturated rings. The summed E-state index contributed by atoms with van der Waals surface area (Å²) in [6, 6.07) is 2.87. The van der Waals surface area contributed by atoms with Crippen molar-refractivity contribution in [3.63, 3.8) is 0 Å². The van der Waals surface area contributed by atoms with Gasteiger partial charge in [0.1, 0.15) is 5.75 Å². The van der Waals surface area contributed by atoms with Crippen molar-refractivity contribution in [2.45, 2.75) is 19.9 Å². The highest BCUT2D eigenvalue weighted by Gasteiger charge is 2.14. The number of rotatable bonds is 5. The normalized spacial score (nSPS) is 12.1. The smallest absolute Gasteiger partial charge is 0.274 e. The molecule has 1 atom stereocenters. The topological polar surface area (TPSA) is 71.5 Å². The average Bonchev–Trinajstić information content (AvgIpc) is 2.26. The van der Waals surface area contributed by atoms with Gasteiger partial charge in [-0.25, -0.2) is 4.98 Å². The monoisotopic (exact) mass is 224 g/mol. The summed E-state index contributed by atoms with van der Waals surface area (Å²) in [5.74, 6) is -0.520. The van der Waals surface area contributed by atoms with E-state index in [-0.39, 0.29) is 17.5 Å². The second-order valence-electron chi connectivity index (χ2n) is 3.41. The van der Waals surface area contributed by atoms with Gasteiger partial charge in [-0.05, 0) is 26.0 Å². The standard InChI is InChI=1S/C11H16N2O3/c1-3-16-7-8(2)13-11(15)10-9(14)5-4-6-12-10/h4-6,8,14H,3,7H2,1-2H3,(H,13,15). The molecular formula is C11H16N2O3. The number of aromatic hydroxyl groups is 1. The van der Waals surface area contributed by atoms with Crippen LogP contribution in [0.5, 0.6) is 5.75 Å². The lowest BCUT2D eigenvalue weighted by Crippen LogP contribution is -2.36. The Morgan fingerprint density at radius 2 is 2.44 bits per heavy atom. The predicted octanol–water partition coefficient (Wildman–Crippen LogP) is 0.942. The van der Waals surface area contributed by atoms with E-state index in [1.54, 1.807) is 6.07 Å². The number of nitrogens with zero attached hydrogens (tertiary/aromatic N) is 1. The molecule has 2 N–H and O–H groups in total. The van der Waals surface area contributed by atoms with Crippen LogP contribution >= 0.6 is 0 Å². The molecule has 1 amide bonds. The Labute approximate surface area is 94.5 Å². The number of carbonyl (C=O) groups excluding carboxylic acids is 1. The number of hydrogen-bond donors (Lipinski definition) is 2. The molecule has 0 spiro atoms. The lowest BCUT2D eigenvalue weighted by molar-refractivity contribution is 0.0864. The molecule has 0 bridgehead atoms. The van der Waals surface area contributed by atoms with Gasteiger partial charge in [-0.1, -0.05) is 0 Å². The van der Waals surface area contributed by atoms with Crippen molar-refractivity contribution >= 4 is 5.91 Å². The Kier molecular flexibility index (Phi) is 4.72. The van der Waals surface area contributed by atoms with Crippen molar-refractivity contribution < 1.29 is 14.6 Å². The Morgan fingerprint density at radius 3 is 3.06 bits per heavy atom. The van der Waals surface area contributed by atoms with Crippen LogP contribution in [0, 0.1) is 0 Å². The lowest BCUT2D eigenvalue weighted by Gasteiger charge is -2.13. The van der Waals surface area contributed by atoms with Gasteiger partial charge in [-0.2, -0.15) is 0 Å². The molecule has 0 aliphatic carbocycles. The summed E-state index contributed by atoms with van der Waals surface area (Å²) in [7, 11) is 0. The zero-order valence-corrected chi connectivity index (χ0v) is 9.43. The number of nitrogens with one attached hydrogen (secondary N) is 1. The van der Waals surface area contributed by atoms with Gasteiger partial charge in [0, 0.05) is 18.8 Å². The van der Waals surface area contributed by atoms with Gasteiger partial charge in [0.05, 0.1) is 6.61 Å². The third kappa shape index (κ3) is 3.51. The van der Waals surface area contributed by atoms with Gasteiger partial charge in [0.15, 0.2) is 5.69 Å². The van der Waals surface area contributed by atoms with E-state index >= 15 is 0 Å². The summed E-state index contributed by atoms with van der Waals surface area (Å²) in [6.07, 6.45) is 1.46. The van der Waals surface area contributed by atoms with Crippen LogP contribution in [-0.4, -0.2) is 35.3 Å². The van der Waals surface area contributed by atoms with Gasteiger partial charge in [-0.3, -0.25) is 4.79 Å². The van der Waals surface area contributed by atoms with Crippen LogP contribution in [0.1, 0.15) is 24.3 Å². The van der Waals surface area contributed by atoms with Crippen LogP contribution in [0.25, 0.3) is 0 Å². The molecule has 0 saturated carbocycles. The second-order valence-corrected chi connectivity index (χ2v) is 3.41. The van der Waals surface area contributed by atoms with Crippen LogP contribution in [0.15, 0.2) is 18.3 Å². The van der Waals surface area contributed by atoms with Crippen molar-refractivity contribution in [2.24, 2.45) is 0 Å². The minimum Gasteiger partial charge on any atom is -0.505 e. The fourth-order valence-electron chi connectivity index (χ4n) is 1.20. The van der Waals surface area contributed by atoms with Crippen LogP contribution in [0.3, 0.4) is 0 Å². The average molecular weight is 224 g/mol. The second kappa shape index (κ2) is 6.07. The quantitative estimate of drug-likeness (QED) is 0.780. The maximum atomic E-state index is 11.6. The SMILES string of the molecule is CCOCC(C)NC(=O)c1ncccc1O. The summed E-state index contributed by atoms with van der Waals surface area (Å²) in [4.78, 5) is 15.5. The third-order valence-electron chi connectivity index (χ3n) is 1.95. The first kappa shape index (κ1) is 12.4. The molecule has 0 aliphatic rings. The van der Waals surface area contributed by atoms with E-state index in [4.69, 9.17) is 4.74 Å². The molecule has 1 rings (SSSR count). The minimum atomic E-state index is -0.398. The third-order valence-corrected chi connectivity index (χ3v) is 1.95. The Hall–Kier alpha value is -1.62. The van der Waals surface area contributed by atoms with Crippen molar-refractivity contribution in [3.8, 4) is 5.75 Å². The Morgan fingerprint density at radius 1 is 1.69 bits per heavy atom. The highest BCUT2D eigenvalue weighted by atomic mass is 16.5. The Bertz CT molecular complexity index is 355. The van der Waals surface area contributed by atoms with E-state index in [2.05, 4.69) is 10.3 Å². The first-order valence-electron chi connectivity index (χ1n) is 5.17. The molecule has 88 valence electrons. The van der Waals surface area contributed by atoms with E-state index in [1.807, 2.05) is 13.8 Å². The zero-order chi connectivity index (χ0) is 12.0. The van der Waals surface area contributed by atoms with Crippen molar-refractivity contribution in [1.29, 1.82) is 0 Å². The van der Waals surface area contributed by atoms with Crippen LogP contribution in [0.4, 0.5) is 0 Å². The van der Waals surface area contributed by atoms with E-state index in [0.717, 1.165) is 0 Å². The molecule has 16 heavy (non-hydrogen) atoms. The minimum absolute atomic E-state index is 0.0332. The number of pyridine rings is 1. The largest absolute Gasteiger partial charge is 0.505 e. The number of carbonyl (C=O) groups is 1. The molecule has 5 nitrogen and oxygen atoms in total. The van der Waals surface area contributed by atoms with E-state index in [1.165, 1.54) is 12.3 Å². The number of ether oxygens (including phenoxy) is 1. The number of hydrogen-bond acceptors (Lipinski definition) is 4. The van der Waals surface area contributed by atoms with Crippen molar-refractivity contribution in [2.75, 3.05) is 13.2 Å². The Balaban J connectivity index is 2.56. The summed E-state index contributed by atoms with van der Waals surface area (Å²) >= 11 is 0. The fraction of sp³-hybridized carbons (Fsp3) is 0.455. The fourth-order valence-corrected chi connectivity index (χ4v) is 1.20. The van der Waals surface area contributed by atoms with E-state index in [9.17, 15) is 9.90 Å². The van der Waals surface area contributed by atoms with Crippen LogP contribution < -0.4 is 5.32 Å². The van der Waals surface area contributed by atoms with Crippen molar-refractivity contribution in [1.82, 2.24) is 10.3 Å². The van der Waals surface area contributed by atoms with Gasteiger partial charge in [-0.15, -0.1) is 0 Å². The molecule has 0 aromatic carbocycles. The van der Waals surface area contributed by atoms with E-state index in [0.29, 0.717) is 13.2 Å². The highest BCUT2D eigenvalue weighted by Crippen LogP contribution is 2.12. The summed E-state index contributed by atoms with van der Waals surface area (Å²) in [6.45, 7) is 4.76. The van der Waals surface area contributed by atoms with Crippen molar-refractivity contribution in [3.05, 3.63) is 24.0 Å². The molecule has 0 aliphatic heterocycles. The van der Waals surface area contributed by atoms with Gasteiger partial charge in [0.2, 0.25) is 0 Å². The summed E-state index contributed by atoms with van der Waals surface area (Å²) < 4.78 is 5.16. The molecule has 1 aromatic heterocycles. The first-order chi connectivity index (χ1) is 7.65. The first-order valence-corrected chi connectivity index (χ1v) is 5.17. The molecule has 0 saturated heterocycles. The predicted molar refractivity (Wildman–Crippen MR) is 59.3 cm³/mol. The van der Waals surface area contributed by atoms with E-state index < -0.39 is 5.91 Å². The maximum absolute atomic E-state index is 11.6. The lowest BCUT2D eigenvalue weighted by atomic mass is 10.3. The van der Waals surface area contributed by atoms with Crippen LogP contribution in [0.2, 0.25) is 0 Å². The molecule has 1 heterocycles. The maximum Gasteiger partial charge on any atom is 0.274 e. The van der Waals surface area contributed by atoms with Gasteiger partial charge >= 0.3 is 0 Å². The summed E-state index contributed by atoms with van der Waals surface area (Å²) in [5.41, 5.74) is 0.0332. The number of amides is 1. The molecule has 5 heteroatoms. The molecule has 1 unspecified atom stereocenters.